The number of aromatic nitrogens is 2. The van der Waals surface area contributed by atoms with E-state index in [1.54, 1.807) is 0 Å². The topological polar surface area (TPSA) is 26.2 Å². The Bertz CT molecular complexity index is 827. The lowest BCUT2D eigenvalue weighted by Crippen LogP contribution is -3.00. The quantitative estimate of drug-likeness (QED) is 0.0852. The van der Waals surface area contributed by atoms with Gasteiger partial charge in [-0.05, 0) is 31.4 Å². The highest BCUT2D eigenvalue weighted by Gasteiger charge is 2.07. The summed E-state index contributed by atoms with van der Waals surface area (Å²) >= 11 is 0. The standard InChI is InChI=1S/C39H68N2O2.2BrH/c1-3-5-7-9-11-13-15-17-19-24-34-42-38-28-26-32-40(36-38)30-22-21-23-31-41-33-27-29-39(37-41)43-35-25-20-18-16-14-12-10-8-6-4-2;;/h26-29,32-33,36-37H,3-25,30-31,34-35H2,1-2H3;2*1H/q+2;;/p-2. The third kappa shape index (κ3) is 25.6. The lowest BCUT2D eigenvalue weighted by Gasteiger charge is -2.06. The van der Waals surface area contributed by atoms with Crippen molar-refractivity contribution >= 4 is 0 Å². The Labute approximate surface area is 299 Å². The second kappa shape index (κ2) is 32.8. The summed E-state index contributed by atoms with van der Waals surface area (Å²) in [5.41, 5.74) is 0. The minimum atomic E-state index is 0. The summed E-state index contributed by atoms with van der Waals surface area (Å²) in [7, 11) is 0. The van der Waals surface area contributed by atoms with E-state index in [1.165, 1.54) is 135 Å². The van der Waals surface area contributed by atoms with Crippen molar-refractivity contribution in [3.63, 3.8) is 0 Å². The van der Waals surface area contributed by atoms with Crippen LogP contribution in [0.3, 0.4) is 0 Å². The summed E-state index contributed by atoms with van der Waals surface area (Å²) in [6, 6.07) is 8.42. The van der Waals surface area contributed by atoms with E-state index in [0.717, 1.165) is 50.6 Å². The van der Waals surface area contributed by atoms with Crippen molar-refractivity contribution in [3.05, 3.63) is 49.1 Å². The Hall–Kier alpha value is -1.14. The molecule has 0 radical (unpaired) electrons. The molecule has 0 saturated carbocycles. The van der Waals surface area contributed by atoms with E-state index in [9.17, 15) is 0 Å². The molecule has 45 heavy (non-hydrogen) atoms. The van der Waals surface area contributed by atoms with Crippen LogP contribution in [0.15, 0.2) is 49.1 Å². The lowest BCUT2D eigenvalue weighted by atomic mass is 10.1. The molecule has 0 aliphatic heterocycles. The zero-order chi connectivity index (χ0) is 30.5. The minimum absolute atomic E-state index is 0. The van der Waals surface area contributed by atoms with Gasteiger partial charge in [0.25, 0.3) is 0 Å². The van der Waals surface area contributed by atoms with Crippen molar-refractivity contribution in [2.45, 2.75) is 175 Å². The van der Waals surface area contributed by atoms with Crippen LogP contribution in [-0.2, 0) is 13.1 Å². The van der Waals surface area contributed by atoms with Gasteiger partial charge in [0.2, 0.25) is 12.4 Å². The van der Waals surface area contributed by atoms with Crippen LogP contribution in [0.5, 0.6) is 11.5 Å². The third-order valence-electron chi connectivity index (χ3n) is 8.53. The van der Waals surface area contributed by atoms with Crippen molar-refractivity contribution < 1.29 is 52.6 Å². The number of pyridine rings is 2. The first kappa shape index (κ1) is 43.9. The number of hydrogen-bond donors (Lipinski definition) is 0. The monoisotopic (exact) mass is 754 g/mol. The molecule has 0 spiro atoms. The Morgan fingerprint density at radius 1 is 0.422 bits per heavy atom. The molecule has 4 nitrogen and oxygen atoms in total. The van der Waals surface area contributed by atoms with E-state index in [0.29, 0.717) is 0 Å². The maximum Gasteiger partial charge on any atom is 0.211 e. The number of unbranched alkanes of at least 4 members (excludes halogenated alkanes) is 20. The van der Waals surface area contributed by atoms with E-state index in [1.807, 2.05) is 0 Å². The molecule has 2 aromatic heterocycles. The van der Waals surface area contributed by atoms with Crippen LogP contribution in [0.4, 0.5) is 0 Å². The van der Waals surface area contributed by atoms with Crippen LogP contribution >= 0.6 is 0 Å². The van der Waals surface area contributed by atoms with Gasteiger partial charge in [0.05, 0.1) is 13.2 Å². The van der Waals surface area contributed by atoms with Crippen molar-refractivity contribution in [2.75, 3.05) is 13.2 Å². The van der Waals surface area contributed by atoms with Crippen molar-refractivity contribution in [1.82, 2.24) is 0 Å². The van der Waals surface area contributed by atoms with Crippen LogP contribution < -0.4 is 52.6 Å². The lowest BCUT2D eigenvalue weighted by molar-refractivity contribution is -0.701. The van der Waals surface area contributed by atoms with E-state index in [4.69, 9.17) is 9.47 Å². The van der Waals surface area contributed by atoms with E-state index < -0.39 is 0 Å². The number of rotatable bonds is 30. The molecule has 6 heteroatoms. The van der Waals surface area contributed by atoms with Crippen molar-refractivity contribution in [2.24, 2.45) is 0 Å². The largest absolute Gasteiger partial charge is 1.00 e. The van der Waals surface area contributed by atoms with E-state index >= 15 is 0 Å². The first-order valence-corrected chi connectivity index (χ1v) is 18.6. The zero-order valence-electron chi connectivity index (χ0n) is 29.2. The molecule has 0 fully saturated rings. The van der Waals surface area contributed by atoms with Gasteiger partial charge in [0.15, 0.2) is 23.9 Å². The Balaban J connectivity index is 0.00000968. The van der Waals surface area contributed by atoms with Gasteiger partial charge >= 0.3 is 0 Å². The molecule has 2 aromatic rings. The smallest absolute Gasteiger partial charge is 0.211 e. The molecule has 0 aromatic carbocycles. The van der Waals surface area contributed by atoms with E-state index in [-0.39, 0.29) is 34.0 Å². The molecular weight excluding hydrogens is 688 g/mol. The van der Waals surface area contributed by atoms with Gasteiger partial charge in [-0.3, -0.25) is 0 Å². The first-order valence-electron chi connectivity index (χ1n) is 18.6. The number of nitrogens with zero attached hydrogens (tertiary/aromatic N) is 2. The fourth-order valence-corrected chi connectivity index (χ4v) is 5.77. The fraction of sp³-hybridized carbons (Fsp3) is 0.744. The predicted octanol–water partition coefficient (Wildman–Crippen LogP) is 4.74. The predicted molar refractivity (Wildman–Crippen MR) is 182 cm³/mol. The summed E-state index contributed by atoms with van der Waals surface area (Å²) in [6.07, 6.45) is 39.4. The summed E-state index contributed by atoms with van der Waals surface area (Å²) < 4.78 is 16.7. The molecule has 2 heterocycles. The molecule has 0 bridgehead atoms. The molecule has 0 aliphatic carbocycles. The fourth-order valence-electron chi connectivity index (χ4n) is 5.77. The Kier molecular flexibility index (Phi) is 32.0. The second-order valence-corrected chi connectivity index (χ2v) is 12.7. The highest BCUT2D eigenvalue weighted by atomic mass is 79.9. The van der Waals surface area contributed by atoms with Crippen LogP contribution in [0.1, 0.15) is 162 Å². The molecular formula is C39H68Br2N2O2. The molecule has 0 aliphatic rings. The highest BCUT2D eigenvalue weighted by Crippen LogP contribution is 2.13. The average Bonchev–Trinajstić information content (AvgIpc) is 3.03. The van der Waals surface area contributed by atoms with Crippen molar-refractivity contribution in [3.8, 4) is 11.5 Å². The Morgan fingerprint density at radius 3 is 1.09 bits per heavy atom. The van der Waals surface area contributed by atoms with Crippen LogP contribution in [0.25, 0.3) is 0 Å². The summed E-state index contributed by atoms with van der Waals surface area (Å²) in [6.45, 7) is 8.33. The minimum Gasteiger partial charge on any atom is -1.00 e. The Morgan fingerprint density at radius 2 is 0.733 bits per heavy atom. The van der Waals surface area contributed by atoms with Crippen molar-refractivity contribution in [1.29, 1.82) is 0 Å². The molecule has 0 amide bonds. The van der Waals surface area contributed by atoms with Gasteiger partial charge in [-0.15, -0.1) is 0 Å². The average molecular weight is 757 g/mol. The first-order chi connectivity index (χ1) is 21.3. The molecule has 260 valence electrons. The van der Waals surface area contributed by atoms with Gasteiger partial charge in [-0.2, -0.15) is 0 Å². The maximum absolute atomic E-state index is 6.05. The van der Waals surface area contributed by atoms with Gasteiger partial charge in [-0.1, -0.05) is 129 Å². The molecule has 2 rings (SSSR count). The maximum atomic E-state index is 6.05. The zero-order valence-corrected chi connectivity index (χ0v) is 32.3. The second-order valence-electron chi connectivity index (χ2n) is 12.7. The third-order valence-corrected chi connectivity index (χ3v) is 8.53. The normalized spacial score (nSPS) is 10.7. The highest BCUT2D eigenvalue weighted by molar-refractivity contribution is 5.13. The molecule has 0 N–H and O–H groups in total. The SMILES string of the molecule is CCCCCCCCCCCCOc1ccc[n+](CCCCC[n+]2cccc(OCCCCCCCCCCCC)c2)c1.[Br-].[Br-]. The van der Waals surface area contributed by atoms with Gasteiger partial charge in [-0.25, -0.2) is 9.13 Å². The van der Waals surface area contributed by atoms with Gasteiger partial charge in [0, 0.05) is 25.0 Å². The number of aryl methyl sites for hydroxylation is 2. The molecule has 0 unspecified atom stereocenters. The van der Waals surface area contributed by atoms with Crippen LogP contribution in [0.2, 0.25) is 0 Å². The summed E-state index contributed by atoms with van der Waals surface area (Å²) in [5, 5.41) is 0. The van der Waals surface area contributed by atoms with Crippen LogP contribution in [0, 0.1) is 0 Å². The van der Waals surface area contributed by atoms with E-state index in [2.05, 4.69) is 72.0 Å². The number of halogens is 2. The van der Waals surface area contributed by atoms with Gasteiger partial charge < -0.3 is 43.4 Å². The number of hydrogen-bond acceptors (Lipinski definition) is 2. The molecule has 0 atom stereocenters. The number of ether oxygens (including phenoxy) is 2. The van der Waals surface area contributed by atoms with Crippen LogP contribution in [-0.4, -0.2) is 13.2 Å². The molecule has 0 saturated heterocycles. The summed E-state index contributed by atoms with van der Waals surface area (Å²) in [4.78, 5) is 0. The summed E-state index contributed by atoms with van der Waals surface area (Å²) in [5.74, 6) is 2.01. The van der Waals surface area contributed by atoms with Gasteiger partial charge in [0.1, 0.15) is 13.1 Å².